The van der Waals surface area contributed by atoms with Crippen LogP contribution in [-0.2, 0) is 17.8 Å². The van der Waals surface area contributed by atoms with Crippen molar-refractivity contribution in [1.82, 2.24) is 10.5 Å². The number of aryl methyl sites for hydroxylation is 2. The van der Waals surface area contributed by atoms with Crippen molar-refractivity contribution in [3.63, 3.8) is 0 Å². The number of nitrogens with zero attached hydrogens (tertiary/aromatic N) is 1. The van der Waals surface area contributed by atoms with Gasteiger partial charge in [-0.2, -0.15) is 0 Å². The van der Waals surface area contributed by atoms with Crippen LogP contribution in [0, 0.1) is 13.8 Å². The Hall–Kier alpha value is -2.56. The van der Waals surface area contributed by atoms with Crippen LogP contribution in [0.4, 0.5) is 0 Å². The van der Waals surface area contributed by atoms with Gasteiger partial charge < -0.3 is 14.6 Å². The monoisotopic (exact) mass is 312 g/mol. The van der Waals surface area contributed by atoms with Crippen molar-refractivity contribution in [2.45, 2.75) is 40.2 Å². The maximum Gasteiger partial charge on any atom is 0.251 e. The highest BCUT2D eigenvalue weighted by Gasteiger charge is 2.23. The Kier molecular flexibility index (Phi) is 4.19. The number of amides is 1. The molecule has 120 valence electrons. The number of benzene rings is 1. The molecular formula is C18H20N2O3. The van der Waals surface area contributed by atoms with Gasteiger partial charge in [-0.1, -0.05) is 30.3 Å². The second-order valence-corrected chi connectivity index (χ2v) is 5.63. The molecule has 0 saturated carbocycles. The van der Waals surface area contributed by atoms with Crippen LogP contribution in [0.1, 0.15) is 35.9 Å². The van der Waals surface area contributed by atoms with E-state index in [-0.39, 0.29) is 5.91 Å². The smallest absolute Gasteiger partial charge is 0.251 e. The van der Waals surface area contributed by atoms with Crippen LogP contribution < -0.4 is 10.1 Å². The zero-order chi connectivity index (χ0) is 16.4. The van der Waals surface area contributed by atoms with Crippen LogP contribution in [-0.4, -0.2) is 11.1 Å². The fourth-order valence-corrected chi connectivity index (χ4v) is 2.75. The summed E-state index contributed by atoms with van der Waals surface area (Å²) < 4.78 is 11.0. The molecule has 1 aromatic heterocycles. The molecule has 0 saturated heterocycles. The topological polar surface area (TPSA) is 64.4 Å². The highest BCUT2D eigenvalue weighted by Crippen LogP contribution is 2.31. The number of hydrogen-bond acceptors (Lipinski definition) is 4. The molecule has 5 nitrogen and oxygen atoms in total. The van der Waals surface area contributed by atoms with Crippen molar-refractivity contribution in [1.29, 1.82) is 0 Å². The highest BCUT2D eigenvalue weighted by molar-refractivity contribution is 5.94. The molecule has 5 heteroatoms. The number of carbonyl (C=O) groups excluding carboxylic acids is 1. The molecule has 0 bridgehead atoms. The largest absolute Gasteiger partial charge is 0.461 e. The molecule has 1 aromatic carbocycles. The lowest BCUT2D eigenvalue weighted by atomic mass is 9.98. The normalized spacial score (nSPS) is 13.5. The summed E-state index contributed by atoms with van der Waals surface area (Å²) in [6, 6.07) is 7.82. The Morgan fingerprint density at radius 1 is 1.30 bits per heavy atom. The molecule has 0 unspecified atom stereocenters. The van der Waals surface area contributed by atoms with Gasteiger partial charge in [0.15, 0.2) is 0 Å². The van der Waals surface area contributed by atoms with Gasteiger partial charge in [0.05, 0.1) is 11.3 Å². The average Bonchev–Trinajstić information content (AvgIpc) is 2.89. The number of aromatic nitrogens is 1. The zero-order valence-electron chi connectivity index (χ0n) is 13.6. The van der Waals surface area contributed by atoms with Crippen LogP contribution in [0.5, 0.6) is 5.75 Å². The fourth-order valence-electron chi connectivity index (χ4n) is 2.75. The van der Waals surface area contributed by atoms with Gasteiger partial charge in [-0.05, 0) is 25.5 Å². The van der Waals surface area contributed by atoms with E-state index in [1.165, 1.54) is 0 Å². The lowest BCUT2D eigenvalue weighted by molar-refractivity contribution is -0.118. The number of carbonyl (C=O) groups is 1. The number of hydrogen-bond donors (Lipinski definition) is 1. The Balaban J connectivity index is 1.77. The summed E-state index contributed by atoms with van der Waals surface area (Å²) in [7, 11) is 0. The molecule has 1 amide bonds. The maximum atomic E-state index is 12.6. The molecule has 2 heterocycles. The summed E-state index contributed by atoms with van der Waals surface area (Å²) in [5, 5.41) is 6.86. The predicted molar refractivity (Wildman–Crippen MR) is 85.9 cm³/mol. The van der Waals surface area contributed by atoms with Crippen LogP contribution >= 0.6 is 0 Å². The summed E-state index contributed by atoms with van der Waals surface area (Å²) >= 11 is 0. The molecule has 1 aliphatic rings. The molecular weight excluding hydrogens is 292 g/mol. The van der Waals surface area contributed by atoms with Crippen molar-refractivity contribution in [3.8, 4) is 5.75 Å². The minimum atomic E-state index is -0.101. The summed E-state index contributed by atoms with van der Waals surface area (Å²) in [5.74, 6) is 2.21. The summed E-state index contributed by atoms with van der Waals surface area (Å²) in [4.78, 5) is 12.6. The SMILES string of the molecule is CCC1=C(C(=O)NCc2c(C)noc2C)Cc2ccccc2O1. The first-order chi connectivity index (χ1) is 11.1. The molecule has 0 spiro atoms. The number of nitrogens with one attached hydrogen (secondary N) is 1. The van der Waals surface area contributed by atoms with Gasteiger partial charge in [-0.3, -0.25) is 4.79 Å². The van der Waals surface area contributed by atoms with Crippen molar-refractivity contribution in [3.05, 3.63) is 58.2 Å². The number of ether oxygens (including phenoxy) is 1. The highest BCUT2D eigenvalue weighted by atomic mass is 16.5. The average molecular weight is 312 g/mol. The van der Waals surface area contributed by atoms with Crippen molar-refractivity contribution in [2.75, 3.05) is 0 Å². The van der Waals surface area contributed by atoms with Crippen LogP contribution in [0.2, 0.25) is 0 Å². The first-order valence-corrected chi connectivity index (χ1v) is 7.77. The lowest BCUT2D eigenvalue weighted by Crippen LogP contribution is -2.29. The molecule has 3 rings (SSSR count). The number of fused-ring (bicyclic) bond motifs is 1. The van der Waals surface area contributed by atoms with E-state index in [1.807, 2.05) is 45.0 Å². The fraction of sp³-hybridized carbons (Fsp3) is 0.333. The summed E-state index contributed by atoms with van der Waals surface area (Å²) in [5.41, 5.74) is 3.46. The molecule has 0 atom stereocenters. The van der Waals surface area contributed by atoms with E-state index in [9.17, 15) is 4.79 Å². The third kappa shape index (κ3) is 2.99. The van der Waals surface area contributed by atoms with Gasteiger partial charge in [-0.15, -0.1) is 0 Å². The van der Waals surface area contributed by atoms with Crippen LogP contribution in [0.3, 0.4) is 0 Å². The van der Waals surface area contributed by atoms with E-state index < -0.39 is 0 Å². The van der Waals surface area contributed by atoms with E-state index in [1.54, 1.807) is 0 Å². The zero-order valence-corrected chi connectivity index (χ0v) is 13.6. The second-order valence-electron chi connectivity index (χ2n) is 5.63. The Morgan fingerprint density at radius 3 is 2.78 bits per heavy atom. The third-order valence-corrected chi connectivity index (χ3v) is 4.11. The Labute approximate surface area is 135 Å². The number of allylic oxidation sites excluding steroid dienone is 1. The third-order valence-electron chi connectivity index (χ3n) is 4.11. The van der Waals surface area contributed by atoms with E-state index >= 15 is 0 Å². The summed E-state index contributed by atoms with van der Waals surface area (Å²) in [6.07, 6.45) is 1.27. The quantitative estimate of drug-likeness (QED) is 0.941. The molecule has 2 aromatic rings. The minimum absolute atomic E-state index is 0.101. The van der Waals surface area contributed by atoms with E-state index in [0.29, 0.717) is 25.0 Å². The molecule has 23 heavy (non-hydrogen) atoms. The summed E-state index contributed by atoms with van der Waals surface area (Å²) in [6.45, 7) is 6.11. The van der Waals surface area contributed by atoms with Gasteiger partial charge in [0, 0.05) is 24.9 Å². The van der Waals surface area contributed by atoms with Crippen molar-refractivity contribution in [2.24, 2.45) is 0 Å². The van der Waals surface area contributed by atoms with Gasteiger partial charge in [0.1, 0.15) is 17.3 Å². The first-order valence-electron chi connectivity index (χ1n) is 7.77. The predicted octanol–water partition coefficient (Wildman–Crippen LogP) is 3.21. The van der Waals surface area contributed by atoms with Gasteiger partial charge in [0.25, 0.3) is 5.91 Å². The van der Waals surface area contributed by atoms with Gasteiger partial charge in [0.2, 0.25) is 0 Å². The molecule has 1 N–H and O–H groups in total. The van der Waals surface area contributed by atoms with Crippen molar-refractivity contribution < 1.29 is 14.1 Å². The van der Waals surface area contributed by atoms with Crippen LogP contribution in [0.15, 0.2) is 40.1 Å². The maximum absolute atomic E-state index is 12.6. The van der Waals surface area contributed by atoms with Gasteiger partial charge in [-0.25, -0.2) is 0 Å². The number of para-hydroxylation sites is 1. The minimum Gasteiger partial charge on any atom is -0.461 e. The van der Waals surface area contributed by atoms with Crippen LogP contribution in [0.25, 0.3) is 0 Å². The van der Waals surface area contributed by atoms with E-state index in [4.69, 9.17) is 9.26 Å². The second kappa shape index (κ2) is 6.28. The van der Waals surface area contributed by atoms with Crippen molar-refractivity contribution >= 4 is 5.91 Å². The molecule has 0 radical (unpaired) electrons. The number of rotatable bonds is 4. The first kappa shape index (κ1) is 15.3. The lowest BCUT2D eigenvalue weighted by Gasteiger charge is -2.22. The Morgan fingerprint density at radius 2 is 2.09 bits per heavy atom. The molecule has 0 aliphatic carbocycles. The molecule has 0 fully saturated rings. The Bertz CT molecular complexity index is 755. The molecule has 1 aliphatic heterocycles. The van der Waals surface area contributed by atoms with E-state index in [2.05, 4.69) is 10.5 Å². The van der Waals surface area contributed by atoms with Gasteiger partial charge >= 0.3 is 0 Å². The standard InChI is InChI=1S/C18H20N2O3/c1-4-16-14(9-13-7-5-6-8-17(13)22-16)18(21)19-10-15-11(2)20-23-12(15)3/h5-8H,4,9-10H2,1-3H3,(H,19,21). The van der Waals surface area contributed by atoms with E-state index in [0.717, 1.165) is 34.1 Å².